The molecule has 0 aromatic rings. The van der Waals surface area contributed by atoms with E-state index >= 15 is 0 Å². The minimum atomic E-state index is -0.627. The highest BCUT2D eigenvalue weighted by Crippen LogP contribution is 2.06. The van der Waals surface area contributed by atoms with Crippen LogP contribution in [0.1, 0.15) is 32.6 Å². The maximum atomic E-state index is 12.3. The second-order valence-electron chi connectivity index (χ2n) is 4.63. The normalized spacial score (nSPS) is 17.9. The minimum Gasteiger partial charge on any atom is -0.352 e. The Morgan fingerprint density at radius 1 is 1.39 bits per heavy atom. The summed E-state index contributed by atoms with van der Waals surface area (Å²) in [5.74, 6) is -0.00838. The number of hydrogen-bond acceptors (Lipinski definition) is 3. The third kappa shape index (κ3) is 4.91. The molecule has 0 spiro atoms. The zero-order valence-corrected chi connectivity index (χ0v) is 11.1. The summed E-state index contributed by atoms with van der Waals surface area (Å²) < 4.78 is 0. The van der Waals surface area contributed by atoms with Crippen molar-refractivity contribution in [1.82, 2.24) is 15.5 Å². The summed E-state index contributed by atoms with van der Waals surface area (Å²) in [5.41, 5.74) is 5.13. The molecule has 4 N–H and O–H groups in total. The first-order valence-electron chi connectivity index (χ1n) is 6.70. The van der Waals surface area contributed by atoms with Gasteiger partial charge in [0.15, 0.2) is 0 Å². The molecular formula is C12H24N4O2. The van der Waals surface area contributed by atoms with Gasteiger partial charge >= 0.3 is 6.03 Å². The number of rotatable bonds is 5. The van der Waals surface area contributed by atoms with Gasteiger partial charge in [0, 0.05) is 19.6 Å². The zero-order valence-electron chi connectivity index (χ0n) is 11.1. The monoisotopic (exact) mass is 256 g/mol. The van der Waals surface area contributed by atoms with E-state index in [9.17, 15) is 9.59 Å². The number of amides is 3. The lowest BCUT2D eigenvalue weighted by molar-refractivity contribution is -0.133. The lowest BCUT2D eigenvalue weighted by Gasteiger charge is -2.26. The Balaban J connectivity index is 2.57. The molecule has 18 heavy (non-hydrogen) atoms. The second-order valence-corrected chi connectivity index (χ2v) is 4.63. The molecule has 104 valence electrons. The number of urea groups is 1. The molecule has 0 aliphatic carbocycles. The van der Waals surface area contributed by atoms with Crippen molar-refractivity contribution in [2.45, 2.75) is 38.6 Å². The first-order chi connectivity index (χ1) is 8.65. The van der Waals surface area contributed by atoms with E-state index in [0.29, 0.717) is 13.0 Å². The number of nitrogens with one attached hydrogen (secondary N) is 2. The fraction of sp³-hybridized carbons (Fsp3) is 0.833. The van der Waals surface area contributed by atoms with Crippen molar-refractivity contribution in [3.63, 3.8) is 0 Å². The van der Waals surface area contributed by atoms with Crippen LogP contribution < -0.4 is 16.4 Å². The number of nitrogens with two attached hydrogens (primary N) is 1. The van der Waals surface area contributed by atoms with Gasteiger partial charge in [-0.3, -0.25) is 4.79 Å². The summed E-state index contributed by atoms with van der Waals surface area (Å²) >= 11 is 0. The van der Waals surface area contributed by atoms with Crippen molar-refractivity contribution in [2.24, 2.45) is 5.73 Å². The maximum absolute atomic E-state index is 12.3. The zero-order chi connectivity index (χ0) is 13.4. The number of unbranched alkanes of at least 4 members (excludes halogenated alkanes) is 1. The second kappa shape index (κ2) is 7.92. The molecule has 0 radical (unpaired) electrons. The fourth-order valence-electron chi connectivity index (χ4n) is 2.12. The van der Waals surface area contributed by atoms with Crippen molar-refractivity contribution in [2.75, 3.05) is 26.2 Å². The van der Waals surface area contributed by atoms with Crippen LogP contribution in [0.3, 0.4) is 0 Å². The highest BCUT2D eigenvalue weighted by molar-refractivity contribution is 5.86. The molecule has 0 aromatic carbocycles. The van der Waals surface area contributed by atoms with Crippen LogP contribution in [0.2, 0.25) is 0 Å². The van der Waals surface area contributed by atoms with Gasteiger partial charge in [-0.05, 0) is 19.4 Å². The van der Waals surface area contributed by atoms with E-state index in [1.54, 1.807) is 0 Å². The van der Waals surface area contributed by atoms with Gasteiger partial charge in [0.25, 0.3) is 0 Å². The summed E-state index contributed by atoms with van der Waals surface area (Å²) in [4.78, 5) is 25.1. The number of carbonyl (C=O) groups is 2. The van der Waals surface area contributed by atoms with E-state index in [1.807, 2.05) is 4.90 Å². The smallest absolute Gasteiger partial charge is 0.312 e. The molecule has 1 saturated heterocycles. The molecule has 1 aliphatic heterocycles. The van der Waals surface area contributed by atoms with Gasteiger partial charge in [0.2, 0.25) is 5.91 Å². The van der Waals surface area contributed by atoms with Crippen molar-refractivity contribution in [3.05, 3.63) is 0 Å². The molecule has 6 heteroatoms. The van der Waals surface area contributed by atoms with Crippen LogP contribution in [0, 0.1) is 0 Å². The van der Waals surface area contributed by atoms with Crippen molar-refractivity contribution in [3.8, 4) is 0 Å². The SMILES string of the molecule is CCCCC(NC(N)=O)C(=O)N1CCCNCC1. The standard InChI is InChI=1S/C12H24N4O2/c1-2-3-5-10(15-12(13)18)11(17)16-8-4-6-14-7-9-16/h10,14H,2-9H2,1H3,(H3,13,15,18). The van der Waals surface area contributed by atoms with Crippen LogP contribution in [-0.4, -0.2) is 49.1 Å². The first kappa shape index (κ1) is 14.8. The quantitative estimate of drug-likeness (QED) is 0.649. The largest absolute Gasteiger partial charge is 0.352 e. The Labute approximate surface area is 108 Å². The number of carbonyl (C=O) groups excluding carboxylic acids is 2. The van der Waals surface area contributed by atoms with E-state index in [0.717, 1.165) is 38.9 Å². The van der Waals surface area contributed by atoms with E-state index in [-0.39, 0.29) is 5.91 Å². The Morgan fingerprint density at radius 3 is 2.83 bits per heavy atom. The molecule has 1 unspecified atom stereocenters. The molecule has 3 amide bonds. The molecule has 0 saturated carbocycles. The Bertz CT molecular complexity index is 275. The molecule has 1 heterocycles. The lowest BCUT2D eigenvalue weighted by Crippen LogP contribution is -2.50. The minimum absolute atomic E-state index is 0.00838. The van der Waals surface area contributed by atoms with Gasteiger partial charge in [0.05, 0.1) is 0 Å². The third-order valence-electron chi connectivity index (χ3n) is 3.11. The van der Waals surface area contributed by atoms with E-state index < -0.39 is 12.1 Å². The van der Waals surface area contributed by atoms with Crippen LogP contribution in [0.25, 0.3) is 0 Å². The Hall–Kier alpha value is -1.30. The topological polar surface area (TPSA) is 87.5 Å². The van der Waals surface area contributed by atoms with Crippen molar-refractivity contribution >= 4 is 11.9 Å². The molecule has 6 nitrogen and oxygen atoms in total. The molecule has 1 fully saturated rings. The molecule has 0 bridgehead atoms. The van der Waals surface area contributed by atoms with E-state index in [2.05, 4.69) is 17.6 Å². The van der Waals surface area contributed by atoms with Gasteiger partial charge in [0.1, 0.15) is 6.04 Å². The van der Waals surface area contributed by atoms with E-state index in [1.165, 1.54) is 0 Å². The predicted octanol–water partition coefficient (Wildman–Crippen LogP) is 0.0354. The summed E-state index contributed by atoms with van der Waals surface area (Å²) in [6.07, 6.45) is 3.50. The van der Waals surface area contributed by atoms with Crippen LogP contribution in [0.5, 0.6) is 0 Å². The Kier molecular flexibility index (Phi) is 6.49. The van der Waals surface area contributed by atoms with Crippen LogP contribution >= 0.6 is 0 Å². The highest BCUT2D eigenvalue weighted by Gasteiger charge is 2.25. The van der Waals surface area contributed by atoms with Crippen LogP contribution in [0.15, 0.2) is 0 Å². The third-order valence-corrected chi connectivity index (χ3v) is 3.11. The van der Waals surface area contributed by atoms with Crippen molar-refractivity contribution < 1.29 is 9.59 Å². The van der Waals surface area contributed by atoms with Gasteiger partial charge in [-0.2, -0.15) is 0 Å². The first-order valence-corrected chi connectivity index (χ1v) is 6.70. The van der Waals surface area contributed by atoms with E-state index in [4.69, 9.17) is 5.73 Å². The molecule has 1 rings (SSSR count). The van der Waals surface area contributed by atoms with Crippen LogP contribution in [0.4, 0.5) is 4.79 Å². The van der Waals surface area contributed by atoms with Gasteiger partial charge in [-0.25, -0.2) is 4.79 Å². The molecule has 1 aliphatic rings. The van der Waals surface area contributed by atoms with Gasteiger partial charge in [-0.1, -0.05) is 19.8 Å². The number of nitrogens with zero attached hydrogens (tertiary/aromatic N) is 1. The average Bonchev–Trinajstić information content (AvgIpc) is 2.61. The maximum Gasteiger partial charge on any atom is 0.312 e. The predicted molar refractivity (Wildman–Crippen MR) is 70.1 cm³/mol. The summed E-state index contributed by atoms with van der Waals surface area (Å²) in [5, 5.41) is 5.81. The van der Waals surface area contributed by atoms with Crippen LogP contribution in [-0.2, 0) is 4.79 Å². The summed E-state index contributed by atoms with van der Waals surface area (Å²) in [6, 6.07) is -1.10. The average molecular weight is 256 g/mol. The van der Waals surface area contributed by atoms with Gasteiger partial charge < -0.3 is 21.3 Å². The number of primary amides is 1. The van der Waals surface area contributed by atoms with Gasteiger partial charge in [-0.15, -0.1) is 0 Å². The Morgan fingerprint density at radius 2 is 2.17 bits per heavy atom. The summed E-state index contributed by atoms with van der Waals surface area (Å²) in [6.45, 7) is 5.24. The molecule has 1 atom stereocenters. The highest BCUT2D eigenvalue weighted by atomic mass is 16.2. The molecular weight excluding hydrogens is 232 g/mol. The summed E-state index contributed by atoms with van der Waals surface area (Å²) in [7, 11) is 0. The van der Waals surface area contributed by atoms with Crippen molar-refractivity contribution in [1.29, 1.82) is 0 Å². The molecule has 0 aromatic heterocycles. The number of hydrogen-bond donors (Lipinski definition) is 3. The lowest BCUT2D eigenvalue weighted by atomic mass is 10.1. The fourth-order valence-corrected chi connectivity index (χ4v) is 2.12.